The van der Waals surface area contributed by atoms with Crippen molar-refractivity contribution in [3.8, 4) is 0 Å². The van der Waals surface area contributed by atoms with E-state index >= 15 is 0 Å². The number of anilines is 2. The molecule has 2 rings (SSSR count). The summed E-state index contributed by atoms with van der Waals surface area (Å²) < 4.78 is 27.0. The minimum Gasteiger partial charge on any atom is -0.307 e. The van der Waals surface area contributed by atoms with Crippen LogP contribution in [0.5, 0.6) is 0 Å². The molecule has 0 aliphatic carbocycles. The first kappa shape index (κ1) is 14.5. The van der Waals surface area contributed by atoms with E-state index in [2.05, 4.69) is 26.6 Å². The molecule has 2 amide bonds. The van der Waals surface area contributed by atoms with Gasteiger partial charge in [-0.2, -0.15) is 0 Å². The Labute approximate surface area is 123 Å². The molecule has 0 heterocycles. The van der Waals surface area contributed by atoms with Crippen molar-refractivity contribution in [1.82, 2.24) is 0 Å². The Morgan fingerprint density at radius 2 is 1.80 bits per heavy atom. The van der Waals surface area contributed by atoms with Crippen molar-refractivity contribution >= 4 is 33.3 Å². The maximum Gasteiger partial charge on any atom is 0.323 e. The molecule has 104 valence electrons. The number of hydrogen-bond donors (Lipinski definition) is 2. The van der Waals surface area contributed by atoms with Gasteiger partial charge < -0.3 is 10.6 Å². The second-order valence-corrected chi connectivity index (χ2v) is 4.97. The normalized spacial score (nSPS) is 10.2. The lowest BCUT2D eigenvalue weighted by Gasteiger charge is -2.11. The Morgan fingerprint density at radius 1 is 1.10 bits per heavy atom. The van der Waals surface area contributed by atoms with Crippen LogP contribution in [0, 0.1) is 18.6 Å². The van der Waals surface area contributed by atoms with E-state index in [0.29, 0.717) is 11.8 Å². The maximum absolute atomic E-state index is 13.4. The number of hydrogen-bond acceptors (Lipinski definition) is 1. The Hall–Kier alpha value is -1.95. The first-order valence-corrected chi connectivity index (χ1v) is 6.55. The summed E-state index contributed by atoms with van der Waals surface area (Å²) in [5, 5.41) is 4.93. The van der Waals surface area contributed by atoms with Gasteiger partial charge >= 0.3 is 6.03 Å². The van der Waals surface area contributed by atoms with Crippen LogP contribution in [0.15, 0.2) is 40.9 Å². The highest BCUT2D eigenvalue weighted by Crippen LogP contribution is 2.23. The van der Waals surface area contributed by atoms with Gasteiger partial charge in [0.2, 0.25) is 0 Å². The number of carbonyl (C=O) groups excluding carboxylic acids is 1. The zero-order chi connectivity index (χ0) is 14.7. The third-order valence-corrected chi connectivity index (χ3v) is 3.55. The summed E-state index contributed by atoms with van der Waals surface area (Å²) in [6, 6.07) is 7.68. The van der Waals surface area contributed by atoms with E-state index in [1.165, 1.54) is 0 Å². The van der Waals surface area contributed by atoms with E-state index in [1.54, 1.807) is 12.1 Å². The molecule has 0 saturated carbocycles. The van der Waals surface area contributed by atoms with Crippen LogP contribution < -0.4 is 10.6 Å². The van der Waals surface area contributed by atoms with Gasteiger partial charge in [-0.1, -0.05) is 22.0 Å². The molecule has 0 aromatic heterocycles. The van der Waals surface area contributed by atoms with Gasteiger partial charge in [-0.15, -0.1) is 0 Å². The molecule has 0 unspecified atom stereocenters. The fourth-order valence-corrected chi connectivity index (χ4v) is 1.98. The van der Waals surface area contributed by atoms with Crippen molar-refractivity contribution in [3.05, 3.63) is 58.1 Å². The molecule has 0 aliphatic heterocycles. The molecule has 0 fully saturated rings. The van der Waals surface area contributed by atoms with Crippen LogP contribution >= 0.6 is 15.9 Å². The van der Waals surface area contributed by atoms with Crippen LogP contribution in [0.1, 0.15) is 5.56 Å². The molecule has 2 aromatic carbocycles. The van der Waals surface area contributed by atoms with Crippen LogP contribution in [-0.2, 0) is 0 Å². The van der Waals surface area contributed by atoms with Crippen LogP contribution in [0.2, 0.25) is 0 Å². The first-order valence-electron chi connectivity index (χ1n) is 5.75. The molecule has 0 spiro atoms. The third kappa shape index (κ3) is 3.33. The van der Waals surface area contributed by atoms with E-state index in [-0.39, 0.29) is 5.69 Å². The minimum atomic E-state index is -0.828. The molecule has 0 atom stereocenters. The molecule has 2 aromatic rings. The second-order valence-electron chi connectivity index (χ2n) is 4.12. The number of nitrogens with one attached hydrogen (secondary N) is 2. The number of rotatable bonds is 2. The van der Waals surface area contributed by atoms with Crippen molar-refractivity contribution in [1.29, 1.82) is 0 Å². The van der Waals surface area contributed by atoms with Crippen molar-refractivity contribution in [2.45, 2.75) is 6.92 Å². The van der Waals surface area contributed by atoms with Crippen molar-refractivity contribution in [2.75, 3.05) is 10.6 Å². The summed E-state index contributed by atoms with van der Waals surface area (Å²) in [5.41, 5.74) is 1.36. The topological polar surface area (TPSA) is 41.1 Å². The fourth-order valence-electron chi connectivity index (χ4n) is 1.61. The van der Waals surface area contributed by atoms with Gasteiger partial charge in [-0.25, -0.2) is 13.6 Å². The quantitative estimate of drug-likeness (QED) is 0.818. The molecule has 0 aliphatic rings. The Morgan fingerprint density at radius 3 is 2.50 bits per heavy atom. The van der Waals surface area contributed by atoms with E-state index in [9.17, 15) is 13.6 Å². The lowest BCUT2D eigenvalue weighted by molar-refractivity contribution is 0.262. The third-order valence-electron chi connectivity index (χ3n) is 2.70. The number of halogens is 3. The van der Waals surface area contributed by atoms with Crippen molar-refractivity contribution in [2.24, 2.45) is 0 Å². The lowest BCUT2D eigenvalue weighted by atomic mass is 10.2. The number of urea groups is 1. The van der Waals surface area contributed by atoms with E-state index < -0.39 is 17.7 Å². The predicted octanol–water partition coefficient (Wildman–Crippen LogP) is 4.68. The fraction of sp³-hybridized carbons (Fsp3) is 0.0714. The molecule has 20 heavy (non-hydrogen) atoms. The lowest BCUT2D eigenvalue weighted by Crippen LogP contribution is -2.20. The van der Waals surface area contributed by atoms with E-state index in [0.717, 1.165) is 22.2 Å². The average Bonchev–Trinajstić information content (AvgIpc) is 2.38. The summed E-state index contributed by atoms with van der Waals surface area (Å²) in [6.07, 6.45) is 0. The molecule has 3 nitrogen and oxygen atoms in total. The average molecular weight is 341 g/mol. The molecular weight excluding hydrogens is 330 g/mol. The zero-order valence-corrected chi connectivity index (χ0v) is 12.1. The summed E-state index contributed by atoms with van der Waals surface area (Å²) in [7, 11) is 0. The number of carbonyl (C=O) groups is 1. The highest BCUT2D eigenvalue weighted by Gasteiger charge is 2.09. The highest BCUT2D eigenvalue weighted by atomic mass is 79.9. The standard InChI is InChI=1S/C14H11BrF2N2O/c1-8-10(15)3-2-4-12(8)18-14(20)19-13-6-5-9(16)7-11(13)17/h2-7H,1H3,(H2,18,19,20). The van der Waals surface area contributed by atoms with E-state index in [1.807, 2.05) is 13.0 Å². The largest absolute Gasteiger partial charge is 0.323 e. The maximum atomic E-state index is 13.4. The van der Waals surface area contributed by atoms with Gasteiger partial charge in [0.25, 0.3) is 0 Å². The van der Waals surface area contributed by atoms with Crippen LogP contribution in [-0.4, -0.2) is 6.03 Å². The summed E-state index contributed by atoms with van der Waals surface area (Å²) in [4.78, 5) is 11.8. The van der Waals surface area contributed by atoms with Gasteiger partial charge in [-0.05, 0) is 36.8 Å². The summed E-state index contributed by atoms with van der Waals surface area (Å²) in [6.45, 7) is 1.83. The van der Waals surface area contributed by atoms with Crippen LogP contribution in [0.4, 0.5) is 25.0 Å². The molecular formula is C14H11BrF2N2O. The molecule has 0 saturated heterocycles. The van der Waals surface area contributed by atoms with Gasteiger partial charge in [0.05, 0.1) is 5.69 Å². The Bertz CT molecular complexity index is 662. The summed E-state index contributed by atoms with van der Waals surface area (Å²) >= 11 is 3.35. The predicted molar refractivity (Wildman–Crippen MR) is 77.9 cm³/mol. The molecule has 6 heteroatoms. The van der Waals surface area contributed by atoms with Gasteiger partial charge in [0.15, 0.2) is 0 Å². The number of benzene rings is 2. The zero-order valence-electron chi connectivity index (χ0n) is 10.5. The molecule has 0 bridgehead atoms. The summed E-state index contributed by atoms with van der Waals surface area (Å²) in [5.74, 6) is -1.53. The van der Waals surface area contributed by atoms with Crippen molar-refractivity contribution < 1.29 is 13.6 Å². The van der Waals surface area contributed by atoms with Crippen molar-refractivity contribution in [3.63, 3.8) is 0 Å². The van der Waals surface area contributed by atoms with Gasteiger partial charge in [0, 0.05) is 16.2 Å². The van der Waals surface area contributed by atoms with E-state index in [4.69, 9.17) is 0 Å². The van der Waals surface area contributed by atoms with Crippen LogP contribution in [0.25, 0.3) is 0 Å². The molecule has 2 N–H and O–H groups in total. The van der Waals surface area contributed by atoms with Gasteiger partial charge in [-0.3, -0.25) is 0 Å². The molecule has 0 radical (unpaired) electrons. The smallest absolute Gasteiger partial charge is 0.307 e. The SMILES string of the molecule is Cc1c(Br)cccc1NC(=O)Nc1ccc(F)cc1F. The number of amides is 2. The minimum absolute atomic E-state index is 0.0865. The highest BCUT2D eigenvalue weighted by molar-refractivity contribution is 9.10. The van der Waals surface area contributed by atoms with Gasteiger partial charge in [0.1, 0.15) is 11.6 Å². The van der Waals surface area contributed by atoms with Crippen LogP contribution in [0.3, 0.4) is 0 Å². The second kappa shape index (κ2) is 6.00. The Balaban J connectivity index is 2.11. The first-order chi connectivity index (χ1) is 9.47. The Kier molecular flexibility index (Phi) is 4.34. The monoisotopic (exact) mass is 340 g/mol.